The average molecular weight is 193 g/mol. The van der Waals surface area contributed by atoms with Gasteiger partial charge >= 0.3 is 0 Å². The summed E-state index contributed by atoms with van der Waals surface area (Å²) >= 11 is 0. The van der Waals surface area contributed by atoms with Crippen molar-refractivity contribution in [2.24, 2.45) is 17.8 Å². The normalized spacial score (nSPS) is 20.9. The van der Waals surface area contributed by atoms with E-state index in [1.165, 1.54) is 0 Å². The molecule has 1 atom stereocenters. The molecule has 6 heteroatoms. The minimum Gasteiger partial charge on any atom is -0.370 e. The zero-order valence-electron chi connectivity index (χ0n) is 7.98. The minimum absolute atomic E-state index is 0.170. The molecular weight excluding hydrogens is 182 g/mol. The molecule has 0 aliphatic carbocycles. The van der Waals surface area contributed by atoms with Crippen molar-refractivity contribution in [3.05, 3.63) is 17.5 Å². The van der Waals surface area contributed by atoms with Gasteiger partial charge in [-0.05, 0) is 6.92 Å². The van der Waals surface area contributed by atoms with E-state index in [4.69, 9.17) is 5.73 Å². The zero-order valence-corrected chi connectivity index (χ0v) is 7.98. The Morgan fingerprint density at radius 2 is 2.36 bits per heavy atom. The molecule has 1 aliphatic heterocycles. The number of nitrogens with zero attached hydrogens (tertiary/aromatic N) is 3. The quantitative estimate of drug-likeness (QED) is 0.613. The second-order valence-corrected chi connectivity index (χ2v) is 3.22. The van der Waals surface area contributed by atoms with Gasteiger partial charge in [0.15, 0.2) is 12.0 Å². The topological polar surface area (TPSA) is 85.3 Å². The number of rotatable bonds is 1. The first kappa shape index (κ1) is 8.74. The van der Waals surface area contributed by atoms with Crippen molar-refractivity contribution in [1.29, 1.82) is 0 Å². The molecule has 3 N–H and O–H groups in total. The van der Waals surface area contributed by atoms with Crippen molar-refractivity contribution in [2.45, 2.75) is 13.0 Å². The van der Waals surface area contributed by atoms with E-state index in [-0.39, 0.29) is 11.9 Å². The van der Waals surface area contributed by atoms with Crippen LogP contribution in [-0.2, 0) is 11.8 Å². The van der Waals surface area contributed by atoms with Gasteiger partial charge in [-0.15, -0.1) is 0 Å². The maximum Gasteiger partial charge on any atom is 0.256 e. The van der Waals surface area contributed by atoms with Crippen LogP contribution in [-0.4, -0.2) is 21.6 Å². The summed E-state index contributed by atoms with van der Waals surface area (Å²) in [6.45, 7) is 1.89. The molecule has 2 rings (SSSR count). The maximum absolute atomic E-state index is 11.4. The molecule has 1 aromatic rings. The Hall–Kier alpha value is -1.85. The van der Waals surface area contributed by atoms with E-state index in [0.717, 1.165) is 11.3 Å². The number of amides is 1. The van der Waals surface area contributed by atoms with Gasteiger partial charge in [0.2, 0.25) is 0 Å². The number of nitrogens with one attached hydrogen (secondary N) is 1. The third kappa shape index (κ3) is 1.15. The zero-order chi connectivity index (χ0) is 10.3. The molecular formula is C8H11N5O. The van der Waals surface area contributed by atoms with E-state index in [1.807, 2.05) is 14.0 Å². The largest absolute Gasteiger partial charge is 0.370 e. The highest BCUT2D eigenvalue weighted by atomic mass is 16.2. The van der Waals surface area contributed by atoms with Gasteiger partial charge < -0.3 is 5.73 Å². The fraction of sp³-hybridized carbons (Fsp3) is 0.375. The van der Waals surface area contributed by atoms with E-state index in [2.05, 4.69) is 15.4 Å². The van der Waals surface area contributed by atoms with Crippen LogP contribution < -0.4 is 11.1 Å². The summed E-state index contributed by atoms with van der Waals surface area (Å²) in [6.07, 6.45) is 1.64. The highest BCUT2D eigenvalue weighted by Crippen LogP contribution is 2.22. The smallest absolute Gasteiger partial charge is 0.256 e. The first-order valence-corrected chi connectivity index (χ1v) is 4.22. The molecule has 6 nitrogen and oxygen atoms in total. The SMILES string of the molecule is Cc1c(C2N=C(N)NC2=O)cnn1C. The molecule has 14 heavy (non-hydrogen) atoms. The van der Waals surface area contributed by atoms with Crippen LogP contribution >= 0.6 is 0 Å². The van der Waals surface area contributed by atoms with Crippen molar-refractivity contribution in [3.8, 4) is 0 Å². The lowest BCUT2D eigenvalue weighted by molar-refractivity contribution is -0.120. The molecule has 0 fully saturated rings. The summed E-state index contributed by atoms with van der Waals surface area (Å²) in [5.41, 5.74) is 7.12. The second kappa shape index (κ2) is 2.83. The number of hydrogen-bond donors (Lipinski definition) is 2. The second-order valence-electron chi connectivity index (χ2n) is 3.22. The summed E-state index contributed by atoms with van der Waals surface area (Å²) in [5.74, 6) is -0.0261. The van der Waals surface area contributed by atoms with Crippen LogP contribution in [0.1, 0.15) is 17.3 Å². The van der Waals surface area contributed by atoms with Crippen molar-refractivity contribution in [2.75, 3.05) is 0 Å². The van der Waals surface area contributed by atoms with Crippen LogP contribution in [0.4, 0.5) is 0 Å². The Kier molecular flexibility index (Phi) is 1.77. The van der Waals surface area contributed by atoms with Gasteiger partial charge in [0, 0.05) is 18.3 Å². The van der Waals surface area contributed by atoms with Gasteiger partial charge in [-0.1, -0.05) is 0 Å². The molecule has 0 saturated heterocycles. The van der Waals surface area contributed by atoms with Crippen molar-refractivity contribution in [3.63, 3.8) is 0 Å². The average Bonchev–Trinajstić information content (AvgIpc) is 2.59. The van der Waals surface area contributed by atoms with Gasteiger partial charge in [-0.2, -0.15) is 5.10 Å². The monoisotopic (exact) mass is 193 g/mol. The van der Waals surface area contributed by atoms with E-state index in [9.17, 15) is 4.79 Å². The molecule has 2 heterocycles. The summed E-state index contributed by atoms with van der Waals surface area (Å²) in [7, 11) is 1.82. The van der Waals surface area contributed by atoms with Gasteiger partial charge in [-0.25, -0.2) is 4.99 Å². The first-order valence-electron chi connectivity index (χ1n) is 4.22. The molecule has 74 valence electrons. The predicted molar refractivity (Wildman–Crippen MR) is 50.5 cm³/mol. The molecule has 0 saturated carbocycles. The standard InChI is InChI=1S/C8H11N5O/c1-4-5(3-10-13(4)2)6-7(14)12-8(9)11-6/h3,6H,1-2H3,(H3,9,11,12,14). The fourth-order valence-corrected chi connectivity index (χ4v) is 1.42. The van der Waals surface area contributed by atoms with Gasteiger partial charge in [0.25, 0.3) is 5.91 Å². The predicted octanol–water partition coefficient (Wildman–Crippen LogP) is -0.786. The van der Waals surface area contributed by atoms with Crippen LogP contribution in [0.3, 0.4) is 0 Å². The van der Waals surface area contributed by atoms with Gasteiger partial charge in [-0.3, -0.25) is 14.8 Å². The third-order valence-electron chi connectivity index (χ3n) is 2.34. The van der Waals surface area contributed by atoms with Gasteiger partial charge in [0.05, 0.1) is 6.20 Å². The highest BCUT2D eigenvalue weighted by Gasteiger charge is 2.29. The van der Waals surface area contributed by atoms with E-state index >= 15 is 0 Å². The fourth-order valence-electron chi connectivity index (χ4n) is 1.42. The lowest BCUT2D eigenvalue weighted by Gasteiger charge is -2.03. The van der Waals surface area contributed by atoms with Crippen LogP contribution in [0.15, 0.2) is 11.2 Å². The lowest BCUT2D eigenvalue weighted by atomic mass is 10.1. The lowest BCUT2D eigenvalue weighted by Crippen LogP contribution is -2.31. The number of carbonyl (C=O) groups excluding carboxylic acids is 1. The Balaban J connectivity index is 2.41. The van der Waals surface area contributed by atoms with Crippen molar-refractivity contribution in [1.82, 2.24) is 15.1 Å². The molecule has 1 amide bonds. The van der Waals surface area contributed by atoms with Crippen LogP contribution in [0.25, 0.3) is 0 Å². The Morgan fingerprint density at radius 1 is 1.64 bits per heavy atom. The Bertz CT molecular complexity index is 419. The van der Waals surface area contributed by atoms with E-state index in [0.29, 0.717) is 0 Å². The first-order chi connectivity index (χ1) is 6.59. The maximum atomic E-state index is 11.4. The number of aryl methyl sites for hydroxylation is 1. The summed E-state index contributed by atoms with van der Waals surface area (Å²) in [4.78, 5) is 15.4. The van der Waals surface area contributed by atoms with E-state index < -0.39 is 6.04 Å². The molecule has 1 aromatic heterocycles. The molecule has 0 aromatic carbocycles. The molecule has 0 spiro atoms. The molecule has 0 bridgehead atoms. The van der Waals surface area contributed by atoms with E-state index in [1.54, 1.807) is 10.9 Å². The number of aliphatic imine (C=N–C) groups is 1. The summed E-state index contributed by atoms with van der Waals surface area (Å²) in [6, 6.07) is -0.538. The van der Waals surface area contributed by atoms with Gasteiger partial charge in [0.1, 0.15) is 0 Å². The number of aromatic nitrogens is 2. The van der Waals surface area contributed by atoms with Crippen LogP contribution in [0.2, 0.25) is 0 Å². The minimum atomic E-state index is -0.538. The number of carbonyl (C=O) groups is 1. The third-order valence-corrected chi connectivity index (χ3v) is 2.34. The van der Waals surface area contributed by atoms with Crippen LogP contribution in [0.5, 0.6) is 0 Å². The number of guanidine groups is 1. The summed E-state index contributed by atoms with van der Waals surface area (Å²) in [5, 5.41) is 6.50. The van der Waals surface area contributed by atoms with Crippen molar-refractivity contribution < 1.29 is 4.79 Å². The Labute approximate surface area is 80.8 Å². The van der Waals surface area contributed by atoms with Crippen molar-refractivity contribution >= 4 is 11.9 Å². The number of hydrogen-bond acceptors (Lipinski definition) is 4. The Morgan fingerprint density at radius 3 is 2.79 bits per heavy atom. The molecule has 0 radical (unpaired) electrons. The number of nitrogens with two attached hydrogens (primary N) is 1. The van der Waals surface area contributed by atoms with Crippen LogP contribution in [0, 0.1) is 6.92 Å². The molecule has 1 aliphatic rings. The summed E-state index contributed by atoms with van der Waals surface area (Å²) < 4.78 is 1.70. The molecule has 1 unspecified atom stereocenters. The highest BCUT2D eigenvalue weighted by molar-refractivity contribution is 6.04.